The number of sulfonamides is 1. The van der Waals surface area contributed by atoms with Crippen molar-refractivity contribution in [2.24, 2.45) is 0 Å². The molecule has 1 amide bonds. The number of hydrogen-bond acceptors (Lipinski definition) is 4. The highest BCUT2D eigenvalue weighted by Crippen LogP contribution is 2.18. The van der Waals surface area contributed by atoms with Gasteiger partial charge in [-0.25, -0.2) is 12.7 Å². The Bertz CT molecular complexity index is 572. The zero-order chi connectivity index (χ0) is 14.8. The molecule has 0 radical (unpaired) electrons. The molecular formula is C13H20N2O3S2. The van der Waals surface area contributed by atoms with Crippen LogP contribution in [-0.2, 0) is 10.0 Å². The van der Waals surface area contributed by atoms with Gasteiger partial charge in [-0.1, -0.05) is 0 Å². The predicted octanol–water partition coefficient (Wildman–Crippen LogP) is 1.60. The summed E-state index contributed by atoms with van der Waals surface area (Å²) in [4.78, 5) is 12.8. The quantitative estimate of drug-likeness (QED) is 0.917. The van der Waals surface area contributed by atoms with Gasteiger partial charge in [-0.2, -0.15) is 0 Å². The van der Waals surface area contributed by atoms with Crippen molar-refractivity contribution in [3.63, 3.8) is 0 Å². The Balaban J connectivity index is 1.89. The molecule has 5 nitrogen and oxygen atoms in total. The van der Waals surface area contributed by atoms with E-state index in [9.17, 15) is 13.2 Å². The van der Waals surface area contributed by atoms with E-state index in [0.29, 0.717) is 25.9 Å². The summed E-state index contributed by atoms with van der Waals surface area (Å²) in [6.07, 6.45) is 1.35. The van der Waals surface area contributed by atoms with Crippen LogP contribution in [0.5, 0.6) is 0 Å². The SMILES string of the molecule is CCS(=O)(=O)N1CCC(NC(=O)c2sccc2C)CC1. The first-order valence-corrected chi connectivity index (χ1v) is 9.25. The second kappa shape index (κ2) is 6.24. The van der Waals surface area contributed by atoms with Crippen molar-refractivity contribution in [3.8, 4) is 0 Å². The van der Waals surface area contributed by atoms with Crippen molar-refractivity contribution in [1.82, 2.24) is 9.62 Å². The van der Waals surface area contributed by atoms with E-state index in [1.54, 1.807) is 6.92 Å². The fourth-order valence-electron chi connectivity index (χ4n) is 2.32. The van der Waals surface area contributed by atoms with Gasteiger partial charge in [0.1, 0.15) is 0 Å². The first kappa shape index (κ1) is 15.5. The molecule has 0 bridgehead atoms. The molecule has 1 aliphatic rings. The normalized spacial score (nSPS) is 18.1. The predicted molar refractivity (Wildman–Crippen MR) is 80.6 cm³/mol. The first-order valence-electron chi connectivity index (χ1n) is 6.77. The number of hydrogen-bond donors (Lipinski definition) is 1. The minimum atomic E-state index is -3.10. The standard InChI is InChI=1S/C13H20N2O3S2/c1-3-20(17,18)15-7-4-11(5-8-15)14-13(16)12-10(2)6-9-19-12/h6,9,11H,3-5,7-8H2,1-2H3,(H,14,16). The third-order valence-electron chi connectivity index (χ3n) is 3.62. The smallest absolute Gasteiger partial charge is 0.261 e. The number of carbonyl (C=O) groups excluding carboxylic acids is 1. The summed E-state index contributed by atoms with van der Waals surface area (Å²) in [5.41, 5.74) is 0.985. The summed E-state index contributed by atoms with van der Waals surface area (Å²) < 4.78 is 25.0. The van der Waals surface area contributed by atoms with Crippen LogP contribution in [0.3, 0.4) is 0 Å². The van der Waals surface area contributed by atoms with Gasteiger partial charge in [-0.05, 0) is 43.7 Å². The van der Waals surface area contributed by atoms with E-state index >= 15 is 0 Å². The average molecular weight is 316 g/mol. The molecule has 0 aliphatic carbocycles. The molecule has 0 saturated carbocycles. The fourth-order valence-corrected chi connectivity index (χ4v) is 4.28. The van der Waals surface area contributed by atoms with Gasteiger partial charge >= 0.3 is 0 Å². The molecular weight excluding hydrogens is 296 g/mol. The molecule has 1 N–H and O–H groups in total. The van der Waals surface area contributed by atoms with Crippen molar-refractivity contribution in [2.75, 3.05) is 18.8 Å². The van der Waals surface area contributed by atoms with Crippen molar-refractivity contribution in [2.45, 2.75) is 32.7 Å². The number of nitrogens with zero attached hydrogens (tertiary/aromatic N) is 1. The molecule has 0 atom stereocenters. The molecule has 2 rings (SSSR count). The molecule has 1 aliphatic heterocycles. The number of rotatable bonds is 4. The number of nitrogens with one attached hydrogen (secondary N) is 1. The van der Waals surface area contributed by atoms with Crippen LogP contribution < -0.4 is 5.32 Å². The highest BCUT2D eigenvalue weighted by Gasteiger charge is 2.27. The van der Waals surface area contributed by atoms with E-state index in [-0.39, 0.29) is 17.7 Å². The number of aryl methyl sites for hydroxylation is 1. The van der Waals surface area contributed by atoms with Crippen LogP contribution in [0.2, 0.25) is 0 Å². The third kappa shape index (κ3) is 3.39. The number of thiophene rings is 1. The first-order chi connectivity index (χ1) is 9.44. The molecule has 2 heterocycles. The second-order valence-electron chi connectivity index (χ2n) is 4.98. The monoisotopic (exact) mass is 316 g/mol. The summed E-state index contributed by atoms with van der Waals surface area (Å²) >= 11 is 1.44. The highest BCUT2D eigenvalue weighted by atomic mass is 32.2. The van der Waals surface area contributed by atoms with Gasteiger partial charge in [0.2, 0.25) is 10.0 Å². The Morgan fingerprint density at radius 3 is 2.60 bits per heavy atom. The lowest BCUT2D eigenvalue weighted by molar-refractivity contribution is 0.0927. The maximum Gasteiger partial charge on any atom is 0.261 e. The van der Waals surface area contributed by atoms with Gasteiger partial charge < -0.3 is 5.32 Å². The van der Waals surface area contributed by atoms with Crippen LogP contribution in [-0.4, -0.2) is 43.5 Å². The van der Waals surface area contributed by atoms with Crippen LogP contribution in [0, 0.1) is 6.92 Å². The van der Waals surface area contributed by atoms with Crippen molar-refractivity contribution >= 4 is 27.3 Å². The zero-order valence-corrected chi connectivity index (χ0v) is 13.4. The minimum Gasteiger partial charge on any atom is -0.349 e. The topological polar surface area (TPSA) is 66.5 Å². The number of amides is 1. The van der Waals surface area contributed by atoms with Crippen molar-refractivity contribution in [3.05, 3.63) is 21.9 Å². The van der Waals surface area contributed by atoms with E-state index in [0.717, 1.165) is 10.4 Å². The van der Waals surface area contributed by atoms with E-state index in [2.05, 4.69) is 5.32 Å². The van der Waals surface area contributed by atoms with Crippen molar-refractivity contribution in [1.29, 1.82) is 0 Å². The lowest BCUT2D eigenvalue weighted by Crippen LogP contribution is -2.46. The van der Waals surface area contributed by atoms with E-state index in [4.69, 9.17) is 0 Å². The summed E-state index contributed by atoms with van der Waals surface area (Å²) in [6.45, 7) is 4.56. The maximum absolute atomic E-state index is 12.1. The molecule has 0 unspecified atom stereocenters. The van der Waals surface area contributed by atoms with Crippen molar-refractivity contribution < 1.29 is 13.2 Å². The van der Waals surface area contributed by atoms with E-state index in [1.165, 1.54) is 15.6 Å². The van der Waals surface area contributed by atoms with Gasteiger partial charge in [0.15, 0.2) is 0 Å². The second-order valence-corrected chi connectivity index (χ2v) is 8.15. The maximum atomic E-state index is 12.1. The lowest BCUT2D eigenvalue weighted by atomic mass is 10.1. The molecule has 1 fully saturated rings. The molecule has 1 saturated heterocycles. The van der Waals surface area contributed by atoms with E-state index in [1.807, 2.05) is 18.4 Å². The van der Waals surface area contributed by atoms with Gasteiger partial charge in [0.05, 0.1) is 10.6 Å². The summed E-state index contributed by atoms with van der Waals surface area (Å²) in [5, 5.41) is 4.91. The van der Waals surface area contributed by atoms with Gasteiger partial charge in [-0.3, -0.25) is 4.79 Å². The Kier molecular flexibility index (Phi) is 4.82. The van der Waals surface area contributed by atoms with Crippen LogP contribution >= 0.6 is 11.3 Å². The Labute approximate surface area is 124 Å². The molecule has 20 heavy (non-hydrogen) atoms. The largest absolute Gasteiger partial charge is 0.349 e. The molecule has 0 aromatic carbocycles. The summed E-state index contributed by atoms with van der Waals surface area (Å²) in [5.74, 6) is 0.0904. The molecule has 112 valence electrons. The van der Waals surface area contributed by atoms with Crippen LogP contribution in [0.25, 0.3) is 0 Å². The molecule has 1 aromatic rings. The van der Waals surface area contributed by atoms with Gasteiger partial charge in [0.25, 0.3) is 5.91 Å². The Hall–Kier alpha value is -0.920. The number of carbonyl (C=O) groups is 1. The highest BCUT2D eigenvalue weighted by molar-refractivity contribution is 7.89. The minimum absolute atomic E-state index is 0.0469. The third-order valence-corrected chi connectivity index (χ3v) is 6.51. The Morgan fingerprint density at radius 1 is 1.45 bits per heavy atom. The summed E-state index contributed by atoms with van der Waals surface area (Å²) in [6, 6.07) is 1.99. The average Bonchev–Trinajstić information content (AvgIpc) is 2.85. The summed E-state index contributed by atoms with van der Waals surface area (Å²) in [7, 11) is -3.10. The fraction of sp³-hybridized carbons (Fsp3) is 0.615. The van der Waals surface area contributed by atoms with E-state index < -0.39 is 10.0 Å². The van der Waals surface area contributed by atoms with Crippen LogP contribution in [0.15, 0.2) is 11.4 Å². The lowest BCUT2D eigenvalue weighted by Gasteiger charge is -2.31. The molecule has 1 aromatic heterocycles. The number of piperidine rings is 1. The van der Waals surface area contributed by atoms with Crippen LogP contribution in [0.4, 0.5) is 0 Å². The Morgan fingerprint density at radius 2 is 2.10 bits per heavy atom. The molecule has 0 spiro atoms. The van der Waals surface area contributed by atoms with Crippen LogP contribution in [0.1, 0.15) is 35.0 Å². The van der Waals surface area contributed by atoms with Gasteiger partial charge in [-0.15, -0.1) is 11.3 Å². The molecule has 7 heteroatoms. The zero-order valence-electron chi connectivity index (χ0n) is 11.8. The van der Waals surface area contributed by atoms with Gasteiger partial charge in [0, 0.05) is 19.1 Å².